The van der Waals surface area contributed by atoms with Crippen LogP contribution >= 0.6 is 24.8 Å². The van der Waals surface area contributed by atoms with Gasteiger partial charge < -0.3 is 10.4 Å². The van der Waals surface area contributed by atoms with Crippen LogP contribution in [0.15, 0.2) is 0 Å². The molecule has 0 fully saturated rings. The molecule has 0 bridgehead atoms. The smallest absolute Gasteiger partial charge is 0.329 e. The number of aliphatic carboxylic acids is 1. The highest BCUT2D eigenvalue weighted by molar-refractivity contribution is 8.11. The number of carboxylic acids is 1. The Morgan fingerprint density at radius 2 is 2.00 bits per heavy atom. The van der Waals surface area contributed by atoms with E-state index in [1.807, 2.05) is 0 Å². The summed E-state index contributed by atoms with van der Waals surface area (Å²) < 4.78 is 0.223. The van der Waals surface area contributed by atoms with Crippen LogP contribution in [0, 0.1) is 0 Å². The Bertz CT molecular complexity index is 190. The molecule has 5 heteroatoms. The van der Waals surface area contributed by atoms with E-state index < -0.39 is 11.5 Å². The van der Waals surface area contributed by atoms with Gasteiger partial charge in [0.15, 0.2) is 0 Å². The van der Waals surface area contributed by atoms with Crippen LogP contribution in [0.2, 0.25) is 0 Å². The summed E-state index contributed by atoms with van der Waals surface area (Å²) in [5, 5.41) is 11.6. The molecule has 0 saturated heterocycles. The quantitative estimate of drug-likeness (QED) is 0.482. The van der Waals surface area contributed by atoms with Crippen molar-refractivity contribution in [3.63, 3.8) is 0 Å². The molecule has 0 spiro atoms. The highest BCUT2D eigenvalue weighted by atomic mass is 32.1. The first-order valence-electron chi connectivity index (χ1n) is 3.73. The number of thiol groups is 1. The second kappa shape index (κ2) is 4.67. The van der Waals surface area contributed by atoms with Gasteiger partial charge in [-0.3, -0.25) is 0 Å². The average molecular weight is 207 g/mol. The van der Waals surface area contributed by atoms with E-state index in [4.69, 9.17) is 5.11 Å². The molecule has 0 aromatic carbocycles. The summed E-state index contributed by atoms with van der Waals surface area (Å²) in [5.41, 5.74) is -0.946. The molecule has 0 atom stereocenters. The number of carbonyl (C=O) groups is 1. The fraction of sp³-hybridized carbons (Fsp3) is 0.714. The van der Waals surface area contributed by atoms with Gasteiger partial charge in [-0.2, -0.15) is 0 Å². The lowest BCUT2D eigenvalue weighted by atomic mass is 9.93. The zero-order chi connectivity index (χ0) is 9.78. The van der Waals surface area contributed by atoms with Crippen LogP contribution in [-0.4, -0.2) is 20.9 Å². The summed E-state index contributed by atoms with van der Waals surface area (Å²) in [4.78, 5) is 10.9. The van der Waals surface area contributed by atoms with E-state index in [-0.39, 0.29) is 4.32 Å². The minimum atomic E-state index is -0.946. The Balaban J connectivity index is 4.58. The van der Waals surface area contributed by atoms with E-state index in [9.17, 15) is 4.79 Å². The fourth-order valence-corrected chi connectivity index (χ4v) is 1.40. The van der Waals surface area contributed by atoms with Crippen LogP contribution in [0.4, 0.5) is 0 Å². The fourth-order valence-electron chi connectivity index (χ4n) is 0.987. The lowest BCUT2D eigenvalue weighted by molar-refractivity contribution is -0.144. The van der Waals surface area contributed by atoms with Gasteiger partial charge in [0.25, 0.3) is 0 Å². The third-order valence-electron chi connectivity index (χ3n) is 1.96. The molecule has 2 N–H and O–H groups in total. The second-order valence-corrected chi connectivity index (χ2v) is 3.68. The minimum absolute atomic E-state index is 0.223. The SMILES string of the molecule is CCC(CC)(NC(=S)S)C(=O)O. The molecule has 70 valence electrons. The van der Waals surface area contributed by atoms with Crippen molar-refractivity contribution in [3.05, 3.63) is 0 Å². The van der Waals surface area contributed by atoms with Crippen LogP contribution < -0.4 is 5.32 Å². The first-order valence-corrected chi connectivity index (χ1v) is 4.58. The van der Waals surface area contributed by atoms with Crippen molar-refractivity contribution in [2.24, 2.45) is 0 Å². The maximum atomic E-state index is 10.9. The average Bonchev–Trinajstić information content (AvgIpc) is 1.99. The Labute approximate surface area is 82.9 Å². The molecule has 0 aliphatic rings. The van der Waals surface area contributed by atoms with Crippen molar-refractivity contribution in [2.45, 2.75) is 32.2 Å². The molecular weight excluding hydrogens is 194 g/mol. The molecule has 0 rings (SSSR count). The first kappa shape index (κ1) is 11.7. The topological polar surface area (TPSA) is 49.3 Å². The molecule has 0 amide bonds. The van der Waals surface area contributed by atoms with Gasteiger partial charge in [-0.15, -0.1) is 12.6 Å². The van der Waals surface area contributed by atoms with Crippen LogP contribution in [-0.2, 0) is 4.79 Å². The molecule has 12 heavy (non-hydrogen) atoms. The Morgan fingerprint density at radius 3 is 2.08 bits per heavy atom. The van der Waals surface area contributed by atoms with Gasteiger partial charge in [-0.1, -0.05) is 26.1 Å². The van der Waals surface area contributed by atoms with Gasteiger partial charge in [-0.05, 0) is 12.8 Å². The number of carboxylic acid groups (broad SMARTS) is 1. The largest absolute Gasteiger partial charge is 0.480 e. The maximum absolute atomic E-state index is 10.9. The summed E-state index contributed by atoms with van der Waals surface area (Å²) in [6, 6.07) is 0. The zero-order valence-corrected chi connectivity index (χ0v) is 8.84. The van der Waals surface area contributed by atoms with Gasteiger partial charge in [0.05, 0.1) is 0 Å². The molecule has 0 aromatic rings. The van der Waals surface area contributed by atoms with Gasteiger partial charge >= 0.3 is 5.97 Å². The van der Waals surface area contributed by atoms with E-state index in [1.54, 1.807) is 13.8 Å². The van der Waals surface area contributed by atoms with Crippen molar-refractivity contribution in [1.29, 1.82) is 0 Å². The third-order valence-corrected chi connectivity index (χ3v) is 2.18. The van der Waals surface area contributed by atoms with Crippen LogP contribution in [0.3, 0.4) is 0 Å². The lowest BCUT2D eigenvalue weighted by Gasteiger charge is -2.27. The van der Waals surface area contributed by atoms with Gasteiger partial charge in [0, 0.05) is 0 Å². The normalized spacial score (nSPS) is 10.9. The van der Waals surface area contributed by atoms with Gasteiger partial charge in [-0.25, -0.2) is 4.79 Å². The predicted octanol–water partition coefficient (Wildman–Crippen LogP) is 1.43. The number of thiocarbonyl (C=S) groups is 1. The summed E-state index contributed by atoms with van der Waals surface area (Å²) in [6.07, 6.45) is 0.971. The highest BCUT2D eigenvalue weighted by Gasteiger charge is 2.34. The molecule has 0 heterocycles. The predicted molar refractivity (Wildman–Crippen MR) is 55.7 cm³/mol. The van der Waals surface area contributed by atoms with E-state index in [0.717, 1.165) is 0 Å². The number of hydrogen-bond donors (Lipinski definition) is 3. The van der Waals surface area contributed by atoms with Gasteiger partial charge in [0.1, 0.15) is 9.86 Å². The molecule has 0 saturated carbocycles. The van der Waals surface area contributed by atoms with E-state index in [2.05, 4.69) is 30.2 Å². The number of rotatable bonds is 4. The van der Waals surface area contributed by atoms with E-state index >= 15 is 0 Å². The molecule has 3 nitrogen and oxygen atoms in total. The van der Waals surface area contributed by atoms with Crippen molar-refractivity contribution in [2.75, 3.05) is 0 Å². The Kier molecular flexibility index (Phi) is 4.55. The summed E-state index contributed by atoms with van der Waals surface area (Å²) >= 11 is 8.54. The molecular formula is C7H13NO2S2. The van der Waals surface area contributed by atoms with Crippen LogP contribution in [0.1, 0.15) is 26.7 Å². The van der Waals surface area contributed by atoms with Crippen molar-refractivity contribution < 1.29 is 9.90 Å². The monoisotopic (exact) mass is 207 g/mol. The summed E-state index contributed by atoms with van der Waals surface area (Å²) in [7, 11) is 0. The Hall–Kier alpha value is -0.290. The van der Waals surface area contributed by atoms with Crippen molar-refractivity contribution in [3.8, 4) is 0 Å². The van der Waals surface area contributed by atoms with Crippen LogP contribution in [0.25, 0.3) is 0 Å². The molecule has 0 unspecified atom stereocenters. The van der Waals surface area contributed by atoms with E-state index in [1.165, 1.54) is 0 Å². The lowest BCUT2D eigenvalue weighted by Crippen LogP contribution is -2.52. The van der Waals surface area contributed by atoms with E-state index in [0.29, 0.717) is 12.8 Å². The minimum Gasteiger partial charge on any atom is -0.480 e. The Morgan fingerprint density at radius 1 is 1.58 bits per heavy atom. The first-order chi connectivity index (χ1) is 5.48. The molecule has 0 aliphatic heterocycles. The third kappa shape index (κ3) is 2.64. The zero-order valence-electron chi connectivity index (χ0n) is 7.13. The van der Waals surface area contributed by atoms with Gasteiger partial charge in [0.2, 0.25) is 0 Å². The van der Waals surface area contributed by atoms with Crippen molar-refractivity contribution >= 4 is 35.1 Å². The molecule has 0 aromatic heterocycles. The van der Waals surface area contributed by atoms with Crippen LogP contribution in [0.5, 0.6) is 0 Å². The standard InChI is InChI=1S/C7H13NO2S2/c1-3-7(4-2,5(9)10)8-6(11)12/h3-4H2,1-2H3,(H,9,10)(H2,8,11,12). The highest BCUT2D eigenvalue weighted by Crippen LogP contribution is 2.15. The molecule has 0 radical (unpaired) electrons. The molecule has 0 aliphatic carbocycles. The second-order valence-electron chi connectivity index (χ2n) is 2.52. The summed E-state index contributed by atoms with van der Waals surface area (Å²) in [6.45, 7) is 3.60. The maximum Gasteiger partial charge on any atom is 0.329 e. The summed E-state index contributed by atoms with van der Waals surface area (Å²) in [5.74, 6) is -0.885. The number of nitrogens with one attached hydrogen (secondary N) is 1. The number of hydrogen-bond acceptors (Lipinski definition) is 2. The van der Waals surface area contributed by atoms with Crippen molar-refractivity contribution in [1.82, 2.24) is 5.32 Å².